The van der Waals surface area contributed by atoms with Gasteiger partial charge in [-0.15, -0.1) is 11.3 Å². The molecule has 0 fully saturated rings. The fourth-order valence-electron chi connectivity index (χ4n) is 9.38. The van der Waals surface area contributed by atoms with Gasteiger partial charge in [0, 0.05) is 20.2 Å². The van der Waals surface area contributed by atoms with Crippen molar-refractivity contribution in [2.75, 3.05) is 0 Å². The summed E-state index contributed by atoms with van der Waals surface area (Å²) in [5, 5.41) is 10.4. The van der Waals surface area contributed by atoms with Gasteiger partial charge in [0.25, 0.3) is 0 Å². The molecule has 0 aliphatic carbocycles. The van der Waals surface area contributed by atoms with Crippen LogP contribution in [-0.4, -0.2) is 0 Å². The van der Waals surface area contributed by atoms with Gasteiger partial charge in [0.15, 0.2) is 0 Å². The van der Waals surface area contributed by atoms with Crippen LogP contribution in [0.3, 0.4) is 0 Å². The SMILES string of the molecule is c1cc(-c2cccc(-c3cccc(-c4ccc5sc6ccccc6c5c4)c3)c2)cc(-c2cccc(-c3cccc(-c4ccc5c6ccccc6c6ccccc6c5c4)c3)c2)c1. The highest BCUT2D eigenvalue weighted by Crippen LogP contribution is 2.40. The molecule has 0 radical (unpaired) electrons. The second-order valence-corrected chi connectivity index (χ2v) is 17.1. The van der Waals surface area contributed by atoms with E-state index in [0.717, 1.165) is 0 Å². The molecule has 1 aromatic heterocycles. The minimum absolute atomic E-state index is 1.20. The Balaban J connectivity index is 0.847. The highest BCUT2D eigenvalue weighted by atomic mass is 32.1. The lowest BCUT2D eigenvalue weighted by Gasteiger charge is -2.13. The van der Waals surface area contributed by atoms with Crippen molar-refractivity contribution in [2.24, 2.45) is 0 Å². The van der Waals surface area contributed by atoms with E-state index in [9.17, 15) is 0 Å². The average molecular weight is 791 g/mol. The van der Waals surface area contributed by atoms with Gasteiger partial charge in [-0.25, -0.2) is 0 Å². The van der Waals surface area contributed by atoms with Crippen LogP contribution in [0.25, 0.3) is 119 Å². The molecule has 0 N–H and O–H groups in total. The number of thiophene rings is 1. The minimum Gasteiger partial charge on any atom is -0.135 e. The van der Waals surface area contributed by atoms with Gasteiger partial charge in [0.05, 0.1) is 0 Å². The number of benzene rings is 11. The molecule has 0 saturated heterocycles. The monoisotopic (exact) mass is 790 g/mol. The van der Waals surface area contributed by atoms with Crippen molar-refractivity contribution in [2.45, 2.75) is 0 Å². The Morgan fingerprint density at radius 1 is 0.164 bits per heavy atom. The first-order valence-electron chi connectivity index (χ1n) is 21.0. The maximum absolute atomic E-state index is 2.38. The first-order chi connectivity index (χ1) is 30.2. The molecule has 0 aliphatic heterocycles. The quantitative estimate of drug-likeness (QED) is 0.147. The van der Waals surface area contributed by atoms with Crippen LogP contribution in [0.2, 0.25) is 0 Å². The molecule has 61 heavy (non-hydrogen) atoms. The van der Waals surface area contributed by atoms with E-state index in [1.54, 1.807) is 0 Å². The van der Waals surface area contributed by atoms with Gasteiger partial charge >= 0.3 is 0 Å². The summed E-state index contributed by atoms with van der Waals surface area (Å²) in [6.45, 7) is 0. The standard InChI is InChI=1S/C60H38S/c1-2-24-53-51(22-1)52-23-3-4-25-54(52)57-37-49(28-30-55(53)57)47-20-10-18-45(35-47)43-16-8-14-41(33-43)39-12-7-13-40(32-39)42-15-9-17-44(34-42)46-19-11-21-48(36-46)50-29-31-60-58(38-50)56-26-5-6-27-59(56)61-60/h1-38H. The van der Waals surface area contributed by atoms with Gasteiger partial charge < -0.3 is 0 Å². The predicted octanol–water partition coefficient (Wildman–Crippen LogP) is 17.5. The van der Waals surface area contributed by atoms with E-state index >= 15 is 0 Å². The number of hydrogen-bond donors (Lipinski definition) is 0. The summed E-state index contributed by atoms with van der Waals surface area (Å²) in [6.07, 6.45) is 0. The molecular weight excluding hydrogens is 753 g/mol. The number of fused-ring (bicyclic) bond motifs is 9. The van der Waals surface area contributed by atoms with Crippen molar-refractivity contribution in [1.82, 2.24) is 0 Å². The van der Waals surface area contributed by atoms with Crippen LogP contribution in [0.4, 0.5) is 0 Å². The van der Waals surface area contributed by atoms with E-state index < -0.39 is 0 Å². The second-order valence-electron chi connectivity index (χ2n) is 16.1. The lowest BCUT2D eigenvalue weighted by molar-refractivity contribution is 1.56. The molecule has 0 atom stereocenters. The van der Waals surface area contributed by atoms with E-state index in [-0.39, 0.29) is 0 Å². The highest BCUT2D eigenvalue weighted by molar-refractivity contribution is 7.25. The Bertz CT molecular complexity index is 3620. The van der Waals surface area contributed by atoms with Crippen LogP contribution in [-0.2, 0) is 0 Å². The third-order valence-electron chi connectivity index (χ3n) is 12.4. The Morgan fingerprint density at radius 3 is 0.852 bits per heavy atom. The molecule has 0 spiro atoms. The Morgan fingerprint density at radius 2 is 0.443 bits per heavy atom. The topological polar surface area (TPSA) is 0 Å². The maximum Gasteiger partial charge on any atom is 0.0355 e. The Kier molecular flexibility index (Phi) is 8.47. The second kappa shape index (κ2) is 14.6. The molecule has 0 saturated carbocycles. The first kappa shape index (κ1) is 35.4. The molecule has 284 valence electrons. The molecule has 0 unspecified atom stereocenters. The summed E-state index contributed by atoms with van der Waals surface area (Å²) in [6, 6.07) is 85.0. The van der Waals surface area contributed by atoms with Crippen molar-refractivity contribution in [1.29, 1.82) is 0 Å². The highest BCUT2D eigenvalue weighted by Gasteiger charge is 2.12. The fraction of sp³-hybridized carbons (Fsp3) is 0. The molecule has 0 bridgehead atoms. The van der Waals surface area contributed by atoms with Crippen LogP contribution in [0.15, 0.2) is 231 Å². The van der Waals surface area contributed by atoms with E-state index in [1.165, 1.54) is 119 Å². The van der Waals surface area contributed by atoms with Crippen LogP contribution in [0.5, 0.6) is 0 Å². The van der Waals surface area contributed by atoms with E-state index in [0.29, 0.717) is 0 Å². The van der Waals surface area contributed by atoms with Gasteiger partial charge in [0.1, 0.15) is 0 Å². The Hall–Kier alpha value is -7.58. The van der Waals surface area contributed by atoms with Gasteiger partial charge in [-0.2, -0.15) is 0 Å². The molecule has 11 aromatic carbocycles. The molecule has 0 amide bonds. The molecule has 0 nitrogen and oxygen atoms in total. The van der Waals surface area contributed by atoms with Crippen molar-refractivity contribution < 1.29 is 0 Å². The summed E-state index contributed by atoms with van der Waals surface area (Å²) in [5.74, 6) is 0. The van der Waals surface area contributed by atoms with Crippen LogP contribution < -0.4 is 0 Å². The zero-order valence-electron chi connectivity index (χ0n) is 33.3. The van der Waals surface area contributed by atoms with Crippen molar-refractivity contribution >= 4 is 63.8 Å². The zero-order valence-corrected chi connectivity index (χ0v) is 34.2. The summed E-state index contributed by atoms with van der Waals surface area (Å²) in [5.41, 5.74) is 14.6. The smallest absolute Gasteiger partial charge is 0.0355 e. The molecule has 0 aliphatic rings. The largest absolute Gasteiger partial charge is 0.135 e. The zero-order chi connectivity index (χ0) is 40.3. The third kappa shape index (κ3) is 6.30. The predicted molar refractivity (Wildman–Crippen MR) is 264 cm³/mol. The van der Waals surface area contributed by atoms with E-state index in [1.807, 2.05) is 11.3 Å². The number of rotatable bonds is 6. The molecular formula is C60H38S. The van der Waals surface area contributed by atoms with Crippen molar-refractivity contribution in [3.8, 4) is 66.8 Å². The fourth-order valence-corrected chi connectivity index (χ4v) is 10.5. The van der Waals surface area contributed by atoms with Crippen molar-refractivity contribution in [3.05, 3.63) is 231 Å². The third-order valence-corrected chi connectivity index (χ3v) is 13.6. The van der Waals surface area contributed by atoms with E-state index in [4.69, 9.17) is 0 Å². The lowest BCUT2D eigenvalue weighted by Crippen LogP contribution is -1.86. The summed E-state index contributed by atoms with van der Waals surface area (Å²) >= 11 is 1.86. The summed E-state index contributed by atoms with van der Waals surface area (Å²) in [4.78, 5) is 0. The van der Waals surface area contributed by atoms with Crippen molar-refractivity contribution in [3.63, 3.8) is 0 Å². The summed E-state index contributed by atoms with van der Waals surface area (Å²) in [7, 11) is 0. The molecule has 12 rings (SSSR count). The van der Waals surface area contributed by atoms with Crippen LogP contribution in [0, 0.1) is 0 Å². The molecule has 1 heteroatoms. The van der Waals surface area contributed by atoms with Gasteiger partial charge in [0.2, 0.25) is 0 Å². The minimum atomic E-state index is 1.20. The first-order valence-corrected chi connectivity index (χ1v) is 21.8. The lowest BCUT2D eigenvalue weighted by atomic mass is 9.91. The van der Waals surface area contributed by atoms with Gasteiger partial charge in [-0.1, -0.05) is 176 Å². The molecule has 1 heterocycles. The summed E-state index contributed by atoms with van der Waals surface area (Å²) < 4.78 is 2.67. The van der Waals surface area contributed by atoms with Gasteiger partial charge in [-0.05, 0) is 154 Å². The van der Waals surface area contributed by atoms with Crippen LogP contribution >= 0.6 is 11.3 Å². The van der Waals surface area contributed by atoms with Crippen LogP contribution in [0.1, 0.15) is 0 Å². The molecule has 12 aromatic rings. The normalized spacial score (nSPS) is 11.6. The average Bonchev–Trinajstić information content (AvgIpc) is 3.72. The van der Waals surface area contributed by atoms with E-state index in [2.05, 4.69) is 231 Å². The van der Waals surface area contributed by atoms with Gasteiger partial charge in [-0.3, -0.25) is 0 Å². The maximum atomic E-state index is 2.38. The Labute approximate surface area is 359 Å². The number of hydrogen-bond acceptors (Lipinski definition) is 1.